The standard InChI is InChI=1S/C14H26N2O2/c1-13(2)12-11(4-6-18-12)14(13,15)9-16-7-10-3-5-17-8-10/h10-12,16H,3-9,15H2,1-2H3. The van der Waals surface area contributed by atoms with Crippen molar-refractivity contribution >= 4 is 0 Å². The summed E-state index contributed by atoms with van der Waals surface area (Å²) in [5.41, 5.74) is 6.66. The normalized spacial score (nSPS) is 45.8. The zero-order chi connectivity index (χ0) is 12.8. The maximum absolute atomic E-state index is 6.68. The first-order valence-electron chi connectivity index (χ1n) is 7.24. The van der Waals surface area contributed by atoms with Gasteiger partial charge in [-0.05, 0) is 18.8 Å². The monoisotopic (exact) mass is 254 g/mol. The van der Waals surface area contributed by atoms with Gasteiger partial charge in [-0.25, -0.2) is 0 Å². The van der Waals surface area contributed by atoms with E-state index in [4.69, 9.17) is 15.2 Å². The lowest BCUT2D eigenvalue weighted by Crippen LogP contribution is -2.78. The molecule has 2 aliphatic heterocycles. The van der Waals surface area contributed by atoms with Crippen LogP contribution < -0.4 is 11.1 Å². The third-order valence-corrected chi connectivity index (χ3v) is 5.54. The van der Waals surface area contributed by atoms with Crippen molar-refractivity contribution in [2.75, 3.05) is 32.9 Å². The molecule has 0 aromatic heterocycles. The minimum absolute atomic E-state index is 0.0906. The van der Waals surface area contributed by atoms with Crippen molar-refractivity contribution in [1.29, 1.82) is 0 Å². The molecule has 0 spiro atoms. The van der Waals surface area contributed by atoms with Crippen molar-refractivity contribution in [3.05, 3.63) is 0 Å². The van der Waals surface area contributed by atoms with Gasteiger partial charge in [0.1, 0.15) is 0 Å². The first-order chi connectivity index (χ1) is 8.56. The van der Waals surface area contributed by atoms with Crippen LogP contribution >= 0.6 is 0 Å². The molecule has 0 aromatic rings. The zero-order valence-corrected chi connectivity index (χ0v) is 11.6. The molecule has 104 valence electrons. The minimum Gasteiger partial charge on any atom is -0.381 e. The summed E-state index contributed by atoms with van der Waals surface area (Å²) in [5.74, 6) is 1.22. The fourth-order valence-corrected chi connectivity index (χ4v) is 4.06. The molecule has 2 heterocycles. The highest BCUT2D eigenvalue weighted by Crippen LogP contribution is 2.57. The summed E-state index contributed by atoms with van der Waals surface area (Å²) in [6.45, 7) is 9.15. The summed E-state index contributed by atoms with van der Waals surface area (Å²) >= 11 is 0. The molecular weight excluding hydrogens is 228 g/mol. The topological polar surface area (TPSA) is 56.5 Å². The fourth-order valence-electron chi connectivity index (χ4n) is 4.06. The Labute approximate surface area is 110 Å². The average Bonchev–Trinajstić information content (AvgIpc) is 2.99. The predicted octanol–water partition coefficient (Wildman–Crippen LogP) is 0.755. The van der Waals surface area contributed by atoms with Crippen LogP contribution in [0.2, 0.25) is 0 Å². The number of hydrogen-bond donors (Lipinski definition) is 2. The number of nitrogens with two attached hydrogens (primary N) is 1. The van der Waals surface area contributed by atoms with Crippen LogP contribution in [0.1, 0.15) is 26.7 Å². The molecule has 0 amide bonds. The number of hydrogen-bond acceptors (Lipinski definition) is 4. The molecular formula is C14H26N2O2. The molecule has 0 radical (unpaired) electrons. The molecule has 3 N–H and O–H groups in total. The molecule has 18 heavy (non-hydrogen) atoms. The number of nitrogens with one attached hydrogen (secondary N) is 1. The molecule has 4 atom stereocenters. The van der Waals surface area contributed by atoms with Crippen molar-refractivity contribution in [3.63, 3.8) is 0 Å². The van der Waals surface area contributed by atoms with E-state index in [2.05, 4.69) is 19.2 Å². The third-order valence-electron chi connectivity index (χ3n) is 5.54. The fraction of sp³-hybridized carbons (Fsp3) is 1.00. The van der Waals surface area contributed by atoms with Crippen LogP contribution in [-0.2, 0) is 9.47 Å². The van der Waals surface area contributed by atoms with E-state index in [1.807, 2.05) is 0 Å². The SMILES string of the molecule is CC1(C)C2OCCC2C1(N)CNCC1CCOC1. The van der Waals surface area contributed by atoms with E-state index in [9.17, 15) is 0 Å². The molecule has 1 aliphatic carbocycles. The number of fused-ring (bicyclic) bond motifs is 1. The Morgan fingerprint density at radius 1 is 1.28 bits per heavy atom. The van der Waals surface area contributed by atoms with E-state index in [-0.39, 0.29) is 11.0 Å². The summed E-state index contributed by atoms with van der Waals surface area (Å²) in [4.78, 5) is 0. The molecule has 1 saturated carbocycles. The first kappa shape index (κ1) is 12.9. The van der Waals surface area contributed by atoms with Crippen LogP contribution in [0.3, 0.4) is 0 Å². The second-order valence-corrected chi connectivity index (χ2v) is 6.81. The Morgan fingerprint density at radius 3 is 2.83 bits per heavy atom. The van der Waals surface area contributed by atoms with Gasteiger partial charge in [-0.15, -0.1) is 0 Å². The maximum Gasteiger partial charge on any atom is 0.0691 e. The van der Waals surface area contributed by atoms with Crippen molar-refractivity contribution in [1.82, 2.24) is 5.32 Å². The summed E-state index contributed by atoms with van der Waals surface area (Å²) < 4.78 is 11.2. The first-order valence-corrected chi connectivity index (χ1v) is 7.24. The lowest BCUT2D eigenvalue weighted by molar-refractivity contribution is -0.153. The van der Waals surface area contributed by atoms with Gasteiger partial charge in [0.2, 0.25) is 0 Å². The highest BCUT2D eigenvalue weighted by Gasteiger charge is 2.67. The van der Waals surface area contributed by atoms with E-state index in [1.165, 1.54) is 6.42 Å². The van der Waals surface area contributed by atoms with Gasteiger partial charge >= 0.3 is 0 Å². The van der Waals surface area contributed by atoms with Crippen LogP contribution in [0.15, 0.2) is 0 Å². The Bertz CT molecular complexity index is 315. The lowest BCUT2D eigenvalue weighted by Gasteiger charge is -2.62. The summed E-state index contributed by atoms with van der Waals surface area (Å²) in [6, 6.07) is 0. The van der Waals surface area contributed by atoms with E-state index >= 15 is 0 Å². The molecule has 2 saturated heterocycles. The van der Waals surface area contributed by atoms with E-state index < -0.39 is 0 Å². The largest absolute Gasteiger partial charge is 0.381 e. The van der Waals surface area contributed by atoms with Crippen molar-refractivity contribution in [2.24, 2.45) is 23.0 Å². The Morgan fingerprint density at radius 2 is 2.11 bits per heavy atom. The average molecular weight is 254 g/mol. The van der Waals surface area contributed by atoms with Gasteiger partial charge in [0.05, 0.1) is 12.7 Å². The van der Waals surface area contributed by atoms with Gasteiger partial charge < -0.3 is 20.5 Å². The van der Waals surface area contributed by atoms with Gasteiger partial charge in [-0.3, -0.25) is 0 Å². The van der Waals surface area contributed by atoms with Gasteiger partial charge in [-0.1, -0.05) is 13.8 Å². The van der Waals surface area contributed by atoms with E-state index in [1.54, 1.807) is 0 Å². The summed E-state index contributed by atoms with van der Waals surface area (Å²) in [6.07, 6.45) is 2.68. The number of rotatable bonds is 4. The van der Waals surface area contributed by atoms with E-state index in [0.717, 1.165) is 39.3 Å². The summed E-state index contributed by atoms with van der Waals surface area (Å²) in [5, 5.41) is 3.58. The van der Waals surface area contributed by atoms with Crippen molar-refractivity contribution in [2.45, 2.75) is 38.3 Å². The molecule has 3 fully saturated rings. The molecule has 3 aliphatic rings. The van der Waals surface area contributed by atoms with Crippen LogP contribution in [-0.4, -0.2) is 44.6 Å². The molecule has 0 aromatic carbocycles. The highest BCUT2D eigenvalue weighted by atomic mass is 16.5. The highest BCUT2D eigenvalue weighted by molar-refractivity contribution is 5.21. The Hall–Kier alpha value is -0.160. The maximum atomic E-state index is 6.68. The van der Waals surface area contributed by atoms with Crippen molar-refractivity contribution < 1.29 is 9.47 Å². The Balaban J connectivity index is 1.54. The number of ether oxygens (including phenoxy) is 2. The van der Waals surface area contributed by atoms with Crippen LogP contribution in [0.25, 0.3) is 0 Å². The van der Waals surface area contributed by atoms with Crippen LogP contribution in [0, 0.1) is 17.3 Å². The smallest absolute Gasteiger partial charge is 0.0691 e. The van der Waals surface area contributed by atoms with Gasteiger partial charge in [0.25, 0.3) is 0 Å². The molecule has 3 rings (SSSR count). The molecule has 4 unspecified atom stereocenters. The quantitative estimate of drug-likeness (QED) is 0.777. The Kier molecular flexibility index (Phi) is 3.17. The molecule has 0 bridgehead atoms. The minimum atomic E-state index is -0.104. The zero-order valence-electron chi connectivity index (χ0n) is 11.6. The molecule has 4 heteroatoms. The van der Waals surface area contributed by atoms with Gasteiger partial charge in [-0.2, -0.15) is 0 Å². The molecule has 4 nitrogen and oxygen atoms in total. The second kappa shape index (κ2) is 4.44. The van der Waals surface area contributed by atoms with Crippen LogP contribution in [0.5, 0.6) is 0 Å². The van der Waals surface area contributed by atoms with Gasteiger partial charge in [0.15, 0.2) is 0 Å². The van der Waals surface area contributed by atoms with E-state index in [0.29, 0.717) is 17.9 Å². The van der Waals surface area contributed by atoms with Gasteiger partial charge in [0, 0.05) is 43.2 Å². The third kappa shape index (κ3) is 1.73. The van der Waals surface area contributed by atoms with Crippen LogP contribution in [0.4, 0.5) is 0 Å². The predicted molar refractivity (Wildman–Crippen MR) is 70.3 cm³/mol. The summed E-state index contributed by atoms with van der Waals surface area (Å²) in [7, 11) is 0. The lowest BCUT2D eigenvalue weighted by atomic mass is 9.48. The second-order valence-electron chi connectivity index (χ2n) is 6.81. The van der Waals surface area contributed by atoms with Crippen molar-refractivity contribution in [3.8, 4) is 0 Å².